The summed E-state index contributed by atoms with van der Waals surface area (Å²) >= 11 is 6.10. The SMILES string of the molecule is CNC(=O)Nc1cc(Nc2cncc(Nc3cc(C)[nH]n3)n2)ccc1Cl. The van der Waals surface area contributed by atoms with Gasteiger partial charge in [0.15, 0.2) is 17.5 Å². The number of H-pyrrole nitrogens is 1. The molecule has 26 heavy (non-hydrogen) atoms. The van der Waals surface area contributed by atoms with E-state index in [2.05, 4.69) is 41.4 Å². The largest absolute Gasteiger partial charge is 0.341 e. The minimum absolute atomic E-state index is 0.357. The number of carbonyl (C=O) groups is 1. The van der Waals surface area contributed by atoms with Gasteiger partial charge in [0.2, 0.25) is 0 Å². The van der Waals surface area contributed by atoms with E-state index < -0.39 is 0 Å². The summed E-state index contributed by atoms with van der Waals surface area (Å²) in [5.74, 6) is 1.71. The Morgan fingerprint density at radius 2 is 1.88 bits per heavy atom. The van der Waals surface area contributed by atoms with Crippen molar-refractivity contribution < 1.29 is 4.79 Å². The van der Waals surface area contributed by atoms with Crippen LogP contribution in [0.5, 0.6) is 0 Å². The zero-order chi connectivity index (χ0) is 18.5. The lowest BCUT2D eigenvalue weighted by Crippen LogP contribution is -2.24. The smallest absolute Gasteiger partial charge is 0.319 e. The van der Waals surface area contributed by atoms with Crippen LogP contribution < -0.4 is 21.3 Å². The molecule has 0 fully saturated rings. The molecule has 9 nitrogen and oxygen atoms in total. The molecule has 0 atom stereocenters. The van der Waals surface area contributed by atoms with Crippen molar-refractivity contribution in [2.45, 2.75) is 6.92 Å². The Morgan fingerprint density at radius 1 is 1.12 bits per heavy atom. The number of halogens is 1. The molecule has 0 radical (unpaired) electrons. The van der Waals surface area contributed by atoms with Gasteiger partial charge >= 0.3 is 6.03 Å². The van der Waals surface area contributed by atoms with Crippen molar-refractivity contribution in [3.8, 4) is 0 Å². The summed E-state index contributed by atoms with van der Waals surface area (Å²) in [6, 6.07) is 6.66. The Hall–Kier alpha value is -3.33. The number of anilines is 5. The average Bonchev–Trinajstić information content (AvgIpc) is 3.03. The second kappa shape index (κ2) is 7.70. The van der Waals surface area contributed by atoms with Gasteiger partial charge in [-0.05, 0) is 25.1 Å². The quantitative estimate of drug-likeness (QED) is 0.468. The summed E-state index contributed by atoms with van der Waals surface area (Å²) < 4.78 is 0. The first kappa shape index (κ1) is 17.5. The molecule has 0 saturated heterocycles. The van der Waals surface area contributed by atoms with Crippen LogP contribution >= 0.6 is 11.6 Å². The third-order valence-corrected chi connectivity index (χ3v) is 3.64. The molecule has 10 heteroatoms. The standard InChI is InChI=1S/C16H17ClN8O/c1-9-5-13(25-24-9)22-15-8-19-7-14(23-15)20-10-3-4-11(17)12(6-10)21-16(26)18-2/h3-8H,1-2H3,(H2,18,21,26)(H3,20,22,23,24,25). The van der Waals surface area contributed by atoms with Gasteiger partial charge in [-0.25, -0.2) is 9.78 Å². The molecule has 0 saturated carbocycles. The average molecular weight is 373 g/mol. The molecular weight excluding hydrogens is 356 g/mol. The van der Waals surface area contributed by atoms with Gasteiger partial charge in [0.1, 0.15) is 0 Å². The Morgan fingerprint density at radius 3 is 2.58 bits per heavy atom. The van der Waals surface area contributed by atoms with E-state index in [1.54, 1.807) is 30.6 Å². The van der Waals surface area contributed by atoms with Crippen LogP contribution in [0.3, 0.4) is 0 Å². The second-order valence-electron chi connectivity index (χ2n) is 5.37. The number of nitrogens with one attached hydrogen (secondary N) is 5. The van der Waals surface area contributed by atoms with Crippen molar-refractivity contribution >= 4 is 46.5 Å². The van der Waals surface area contributed by atoms with Crippen molar-refractivity contribution in [2.24, 2.45) is 0 Å². The molecule has 0 spiro atoms. The monoisotopic (exact) mass is 372 g/mol. The van der Waals surface area contributed by atoms with E-state index >= 15 is 0 Å². The van der Waals surface area contributed by atoms with E-state index in [0.717, 1.165) is 5.69 Å². The predicted molar refractivity (Wildman–Crippen MR) is 101 cm³/mol. The third-order valence-electron chi connectivity index (χ3n) is 3.31. The maximum Gasteiger partial charge on any atom is 0.319 e. The molecule has 0 unspecified atom stereocenters. The van der Waals surface area contributed by atoms with Crippen LogP contribution in [0, 0.1) is 6.92 Å². The van der Waals surface area contributed by atoms with Gasteiger partial charge in [-0.2, -0.15) is 5.10 Å². The molecular formula is C16H17ClN8O. The van der Waals surface area contributed by atoms with Gasteiger partial charge in [0.05, 0.1) is 23.1 Å². The van der Waals surface area contributed by atoms with Crippen molar-refractivity contribution in [3.63, 3.8) is 0 Å². The highest BCUT2D eigenvalue weighted by Crippen LogP contribution is 2.27. The highest BCUT2D eigenvalue weighted by molar-refractivity contribution is 6.33. The van der Waals surface area contributed by atoms with E-state index in [0.29, 0.717) is 33.9 Å². The topological polar surface area (TPSA) is 120 Å². The number of nitrogens with zero attached hydrogens (tertiary/aromatic N) is 3. The van der Waals surface area contributed by atoms with Gasteiger partial charge in [0.25, 0.3) is 0 Å². The molecule has 3 aromatic rings. The molecule has 0 bridgehead atoms. The maximum atomic E-state index is 11.5. The van der Waals surface area contributed by atoms with Gasteiger partial charge in [-0.15, -0.1) is 0 Å². The minimum Gasteiger partial charge on any atom is -0.341 e. The summed E-state index contributed by atoms with van der Waals surface area (Å²) in [7, 11) is 1.53. The Balaban J connectivity index is 1.75. The highest BCUT2D eigenvalue weighted by atomic mass is 35.5. The fourth-order valence-electron chi connectivity index (χ4n) is 2.13. The van der Waals surface area contributed by atoms with Crippen LogP contribution in [0.2, 0.25) is 5.02 Å². The first-order valence-electron chi connectivity index (χ1n) is 7.70. The molecule has 0 aliphatic heterocycles. The molecule has 0 aliphatic carbocycles. The molecule has 2 amide bonds. The molecule has 3 rings (SSSR count). The Kier molecular flexibility index (Phi) is 5.18. The summed E-state index contributed by atoms with van der Waals surface area (Å²) in [4.78, 5) is 20.1. The number of aromatic amines is 1. The predicted octanol–water partition coefficient (Wildman–Crippen LogP) is 3.40. The minimum atomic E-state index is -0.357. The van der Waals surface area contributed by atoms with Crippen molar-refractivity contribution in [3.05, 3.63) is 47.4 Å². The van der Waals surface area contributed by atoms with Crippen LogP contribution in [0.15, 0.2) is 36.7 Å². The number of benzene rings is 1. The van der Waals surface area contributed by atoms with E-state index in [1.165, 1.54) is 7.05 Å². The van der Waals surface area contributed by atoms with E-state index in [4.69, 9.17) is 11.6 Å². The lowest BCUT2D eigenvalue weighted by molar-refractivity contribution is 0.254. The fourth-order valence-corrected chi connectivity index (χ4v) is 2.30. The maximum absolute atomic E-state index is 11.5. The summed E-state index contributed by atoms with van der Waals surface area (Å²) in [5.41, 5.74) is 2.11. The van der Waals surface area contributed by atoms with Crippen molar-refractivity contribution in [1.82, 2.24) is 25.5 Å². The molecule has 134 valence electrons. The number of aromatic nitrogens is 4. The normalized spacial score (nSPS) is 10.3. The Bertz CT molecular complexity index is 926. The Labute approximate surface area is 154 Å². The number of rotatable bonds is 5. The third kappa shape index (κ3) is 4.39. The summed E-state index contributed by atoms with van der Waals surface area (Å²) in [5, 5.41) is 18.7. The summed E-state index contributed by atoms with van der Waals surface area (Å²) in [6.45, 7) is 1.91. The van der Waals surface area contributed by atoms with Gasteiger partial charge < -0.3 is 21.3 Å². The second-order valence-corrected chi connectivity index (χ2v) is 5.78. The zero-order valence-corrected chi connectivity index (χ0v) is 14.8. The molecule has 1 aromatic carbocycles. The summed E-state index contributed by atoms with van der Waals surface area (Å²) in [6.07, 6.45) is 3.18. The van der Waals surface area contributed by atoms with E-state index in [-0.39, 0.29) is 6.03 Å². The number of amides is 2. The molecule has 5 N–H and O–H groups in total. The number of urea groups is 1. The zero-order valence-electron chi connectivity index (χ0n) is 14.1. The van der Waals surface area contributed by atoms with Crippen LogP contribution in [-0.4, -0.2) is 33.2 Å². The van der Waals surface area contributed by atoms with Crippen LogP contribution in [0.1, 0.15) is 5.69 Å². The highest BCUT2D eigenvalue weighted by Gasteiger charge is 2.07. The lowest BCUT2D eigenvalue weighted by atomic mass is 10.2. The lowest BCUT2D eigenvalue weighted by Gasteiger charge is -2.11. The van der Waals surface area contributed by atoms with Crippen LogP contribution in [0.4, 0.5) is 33.6 Å². The number of hydrogen-bond donors (Lipinski definition) is 5. The number of hydrogen-bond acceptors (Lipinski definition) is 6. The molecule has 2 heterocycles. The number of aryl methyl sites for hydroxylation is 1. The van der Waals surface area contributed by atoms with E-state index in [9.17, 15) is 4.79 Å². The first-order valence-corrected chi connectivity index (χ1v) is 8.07. The van der Waals surface area contributed by atoms with Crippen molar-refractivity contribution in [2.75, 3.05) is 23.0 Å². The van der Waals surface area contributed by atoms with Crippen LogP contribution in [0.25, 0.3) is 0 Å². The molecule has 2 aromatic heterocycles. The van der Waals surface area contributed by atoms with E-state index in [1.807, 2.05) is 13.0 Å². The molecule has 0 aliphatic rings. The van der Waals surface area contributed by atoms with Crippen molar-refractivity contribution in [1.29, 1.82) is 0 Å². The fraction of sp³-hybridized carbons (Fsp3) is 0.125. The van der Waals surface area contributed by atoms with Gasteiger partial charge in [-0.3, -0.25) is 10.1 Å². The van der Waals surface area contributed by atoms with Crippen LogP contribution in [-0.2, 0) is 0 Å². The van der Waals surface area contributed by atoms with Gasteiger partial charge in [0, 0.05) is 24.5 Å². The number of carbonyl (C=O) groups excluding carboxylic acids is 1. The van der Waals surface area contributed by atoms with Gasteiger partial charge in [-0.1, -0.05) is 11.6 Å². The first-order chi connectivity index (χ1) is 12.5.